The van der Waals surface area contributed by atoms with Gasteiger partial charge >= 0.3 is 0 Å². The number of rotatable bonds is 7. The Balaban J connectivity index is 1.60. The molecule has 0 unspecified atom stereocenters. The monoisotopic (exact) mass is 391 g/mol. The van der Waals surface area contributed by atoms with Gasteiger partial charge in [-0.1, -0.05) is 12.1 Å². The van der Waals surface area contributed by atoms with E-state index < -0.39 is 0 Å². The first-order valence-corrected chi connectivity index (χ1v) is 8.90. The predicted molar refractivity (Wildman–Crippen MR) is 109 cm³/mol. The number of pyridine rings is 1. The van der Waals surface area contributed by atoms with Crippen LogP contribution >= 0.6 is 0 Å². The Morgan fingerprint density at radius 3 is 2.17 bits per heavy atom. The van der Waals surface area contributed by atoms with Crippen LogP contribution in [-0.2, 0) is 6.54 Å². The minimum absolute atomic E-state index is 0.192. The second-order valence-corrected chi connectivity index (χ2v) is 6.18. The second-order valence-electron chi connectivity index (χ2n) is 6.18. The number of nitrogens with zero attached hydrogens (tertiary/aromatic N) is 1. The van der Waals surface area contributed by atoms with Gasteiger partial charge in [-0.2, -0.15) is 0 Å². The predicted octanol–water partition coefficient (Wildman–Crippen LogP) is 3.28. The van der Waals surface area contributed by atoms with E-state index in [1.165, 1.54) is 20.4 Å². The van der Waals surface area contributed by atoms with E-state index in [4.69, 9.17) is 9.47 Å². The summed E-state index contributed by atoms with van der Waals surface area (Å²) in [6, 6.07) is 15.6. The third-order valence-electron chi connectivity index (χ3n) is 4.20. The average molecular weight is 391 g/mol. The molecule has 0 aliphatic rings. The van der Waals surface area contributed by atoms with E-state index in [1.54, 1.807) is 48.7 Å². The van der Waals surface area contributed by atoms with Gasteiger partial charge in [-0.15, -0.1) is 0 Å². The molecule has 0 aliphatic carbocycles. The standard InChI is InChI=1S/C22H21N3O4/c1-28-19-10-17(11-20(12-19)29-2)22(27)25-18-7-5-15(6-8-18)13-24-21(26)16-4-3-9-23-14-16/h3-12,14H,13H2,1-2H3,(H,24,26)(H,25,27). The van der Waals surface area contributed by atoms with Gasteiger partial charge in [0, 0.05) is 36.3 Å². The maximum atomic E-state index is 12.5. The van der Waals surface area contributed by atoms with Crippen molar-refractivity contribution >= 4 is 17.5 Å². The molecule has 0 saturated carbocycles. The number of carbonyl (C=O) groups is 2. The van der Waals surface area contributed by atoms with Gasteiger partial charge in [0.2, 0.25) is 0 Å². The first-order chi connectivity index (χ1) is 14.1. The SMILES string of the molecule is COc1cc(OC)cc(C(=O)Nc2ccc(CNC(=O)c3cccnc3)cc2)c1. The summed E-state index contributed by atoms with van der Waals surface area (Å²) in [6.07, 6.45) is 3.13. The fraction of sp³-hybridized carbons (Fsp3) is 0.136. The van der Waals surface area contributed by atoms with Crippen LogP contribution in [0.4, 0.5) is 5.69 Å². The normalized spacial score (nSPS) is 10.1. The van der Waals surface area contributed by atoms with Crippen LogP contribution in [0.25, 0.3) is 0 Å². The zero-order chi connectivity index (χ0) is 20.6. The van der Waals surface area contributed by atoms with E-state index in [0.717, 1.165) is 5.56 Å². The molecule has 0 aliphatic heterocycles. The van der Waals surface area contributed by atoms with Crippen molar-refractivity contribution in [1.82, 2.24) is 10.3 Å². The number of benzene rings is 2. The summed E-state index contributed by atoms with van der Waals surface area (Å²) in [7, 11) is 3.06. The quantitative estimate of drug-likeness (QED) is 0.645. The Morgan fingerprint density at radius 2 is 1.59 bits per heavy atom. The van der Waals surface area contributed by atoms with Crippen molar-refractivity contribution in [3.63, 3.8) is 0 Å². The van der Waals surface area contributed by atoms with Gasteiger partial charge in [0.15, 0.2) is 0 Å². The molecule has 3 rings (SSSR count). The van der Waals surface area contributed by atoms with E-state index >= 15 is 0 Å². The molecule has 7 heteroatoms. The van der Waals surface area contributed by atoms with Crippen molar-refractivity contribution in [3.8, 4) is 11.5 Å². The number of anilines is 1. The Hall–Kier alpha value is -3.87. The first-order valence-electron chi connectivity index (χ1n) is 8.90. The summed E-state index contributed by atoms with van der Waals surface area (Å²) in [6.45, 7) is 0.370. The molecule has 0 saturated heterocycles. The highest BCUT2D eigenvalue weighted by Gasteiger charge is 2.10. The molecule has 0 atom stereocenters. The van der Waals surface area contributed by atoms with Crippen LogP contribution < -0.4 is 20.1 Å². The van der Waals surface area contributed by atoms with Crippen molar-refractivity contribution in [1.29, 1.82) is 0 Å². The Kier molecular flexibility index (Phi) is 6.42. The molecule has 2 N–H and O–H groups in total. The molecular formula is C22H21N3O4. The van der Waals surface area contributed by atoms with Gasteiger partial charge < -0.3 is 20.1 Å². The van der Waals surface area contributed by atoms with Gasteiger partial charge in [-0.05, 0) is 42.0 Å². The molecule has 2 aromatic carbocycles. The van der Waals surface area contributed by atoms with E-state index in [9.17, 15) is 9.59 Å². The number of hydrogen-bond donors (Lipinski definition) is 2. The summed E-state index contributed by atoms with van der Waals surface area (Å²) in [5.41, 5.74) is 2.47. The third-order valence-corrected chi connectivity index (χ3v) is 4.20. The number of methoxy groups -OCH3 is 2. The molecular weight excluding hydrogens is 370 g/mol. The summed E-state index contributed by atoms with van der Waals surface area (Å²) < 4.78 is 10.4. The smallest absolute Gasteiger partial charge is 0.255 e. The highest BCUT2D eigenvalue weighted by Crippen LogP contribution is 2.23. The zero-order valence-corrected chi connectivity index (χ0v) is 16.1. The van der Waals surface area contributed by atoms with Crippen LogP contribution in [0.1, 0.15) is 26.3 Å². The fourth-order valence-corrected chi connectivity index (χ4v) is 2.63. The van der Waals surface area contributed by atoms with Gasteiger partial charge in [0.25, 0.3) is 11.8 Å². The minimum Gasteiger partial charge on any atom is -0.497 e. The molecule has 148 valence electrons. The van der Waals surface area contributed by atoms with Gasteiger partial charge in [-0.3, -0.25) is 14.6 Å². The average Bonchev–Trinajstić information content (AvgIpc) is 2.78. The van der Waals surface area contributed by atoms with E-state index in [-0.39, 0.29) is 11.8 Å². The second kappa shape index (κ2) is 9.36. The summed E-state index contributed by atoms with van der Waals surface area (Å²) in [5.74, 6) is 0.602. The summed E-state index contributed by atoms with van der Waals surface area (Å²) >= 11 is 0. The van der Waals surface area contributed by atoms with Crippen LogP contribution in [0.3, 0.4) is 0 Å². The molecule has 7 nitrogen and oxygen atoms in total. The van der Waals surface area contributed by atoms with Crippen molar-refractivity contribution in [2.24, 2.45) is 0 Å². The number of ether oxygens (including phenoxy) is 2. The Bertz CT molecular complexity index is 966. The van der Waals surface area contributed by atoms with Crippen LogP contribution in [0.15, 0.2) is 67.0 Å². The lowest BCUT2D eigenvalue weighted by Crippen LogP contribution is -2.22. The topological polar surface area (TPSA) is 89.5 Å². The molecule has 0 fully saturated rings. The summed E-state index contributed by atoms with van der Waals surface area (Å²) in [5, 5.41) is 5.67. The molecule has 0 radical (unpaired) electrons. The Labute approximate surface area is 168 Å². The lowest BCUT2D eigenvalue weighted by atomic mass is 10.1. The maximum absolute atomic E-state index is 12.5. The van der Waals surface area contributed by atoms with Gasteiger partial charge in [0.05, 0.1) is 19.8 Å². The molecule has 0 spiro atoms. The van der Waals surface area contributed by atoms with Crippen molar-refractivity contribution in [2.75, 3.05) is 19.5 Å². The highest BCUT2D eigenvalue weighted by molar-refractivity contribution is 6.04. The number of amides is 2. The van der Waals surface area contributed by atoms with Crippen molar-refractivity contribution in [2.45, 2.75) is 6.54 Å². The number of carbonyl (C=O) groups excluding carboxylic acids is 2. The number of hydrogen-bond acceptors (Lipinski definition) is 5. The highest BCUT2D eigenvalue weighted by atomic mass is 16.5. The van der Waals surface area contributed by atoms with E-state index in [1.807, 2.05) is 12.1 Å². The molecule has 29 heavy (non-hydrogen) atoms. The van der Waals surface area contributed by atoms with Crippen LogP contribution in [0.5, 0.6) is 11.5 Å². The minimum atomic E-state index is -0.278. The Morgan fingerprint density at radius 1 is 0.897 bits per heavy atom. The number of nitrogens with one attached hydrogen (secondary N) is 2. The lowest BCUT2D eigenvalue weighted by Gasteiger charge is -2.10. The van der Waals surface area contributed by atoms with E-state index in [0.29, 0.717) is 34.9 Å². The third kappa shape index (κ3) is 5.32. The van der Waals surface area contributed by atoms with Crippen molar-refractivity contribution in [3.05, 3.63) is 83.7 Å². The fourth-order valence-electron chi connectivity index (χ4n) is 2.63. The van der Waals surface area contributed by atoms with E-state index in [2.05, 4.69) is 15.6 Å². The van der Waals surface area contributed by atoms with Crippen LogP contribution in [0.2, 0.25) is 0 Å². The number of aromatic nitrogens is 1. The van der Waals surface area contributed by atoms with Crippen LogP contribution in [-0.4, -0.2) is 31.0 Å². The maximum Gasteiger partial charge on any atom is 0.255 e. The van der Waals surface area contributed by atoms with Crippen molar-refractivity contribution < 1.29 is 19.1 Å². The molecule has 3 aromatic rings. The van der Waals surface area contributed by atoms with Crippen LogP contribution in [0, 0.1) is 0 Å². The lowest BCUT2D eigenvalue weighted by molar-refractivity contribution is 0.0949. The zero-order valence-electron chi connectivity index (χ0n) is 16.1. The summed E-state index contributed by atoms with van der Waals surface area (Å²) in [4.78, 5) is 28.5. The van der Waals surface area contributed by atoms with Gasteiger partial charge in [0.1, 0.15) is 11.5 Å². The first kappa shape index (κ1) is 19.9. The molecule has 2 amide bonds. The van der Waals surface area contributed by atoms with Gasteiger partial charge in [-0.25, -0.2) is 0 Å². The largest absolute Gasteiger partial charge is 0.497 e. The molecule has 1 aromatic heterocycles. The molecule has 1 heterocycles. The molecule has 0 bridgehead atoms.